The van der Waals surface area contributed by atoms with E-state index >= 15 is 0 Å². The Balaban J connectivity index is 2.61. The lowest BCUT2D eigenvalue weighted by molar-refractivity contribution is -0.182. The summed E-state index contributed by atoms with van der Waals surface area (Å²) in [5.74, 6) is -1.42. The Morgan fingerprint density at radius 1 is 0.857 bits per heavy atom. The molecule has 0 aromatic heterocycles. The molecular weight excluding hydrogens is 477 g/mol. The summed E-state index contributed by atoms with van der Waals surface area (Å²) in [4.78, 5) is 41.7. The fourth-order valence-corrected chi connectivity index (χ4v) is 3.62. The number of ether oxygens (including phenoxy) is 2. The van der Waals surface area contributed by atoms with Gasteiger partial charge in [0.25, 0.3) is 0 Å². The first-order valence-corrected chi connectivity index (χ1v) is 13.0. The van der Waals surface area contributed by atoms with Gasteiger partial charge in [0.2, 0.25) is 19.5 Å². The monoisotopic (exact) mass is 515 g/mol. The first-order valence-electron chi connectivity index (χ1n) is 11.3. The zero-order valence-electron chi connectivity index (χ0n) is 21.7. The molecule has 10 nitrogen and oxygen atoms in total. The second-order valence-corrected chi connectivity index (χ2v) is 12.1. The van der Waals surface area contributed by atoms with E-state index in [0.29, 0.717) is 0 Å². The van der Waals surface area contributed by atoms with E-state index in [2.05, 4.69) is 0 Å². The van der Waals surface area contributed by atoms with Crippen LogP contribution in [0, 0.1) is 10.8 Å². The fourth-order valence-electron chi connectivity index (χ4n) is 2.32. The quantitative estimate of drug-likeness (QED) is 0.160. The maximum absolute atomic E-state index is 13.2. The molecule has 0 aliphatic carbocycles. The van der Waals surface area contributed by atoms with Gasteiger partial charge in [-0.15, -0.1) is 0 Å². The van der Waals surface area contributed by atoms with Crippen LogP contribution in [-0.4, -0.2) is 49.7 Å². The Bertz CT molecular complexity index is 839. The Kier molecular flexibility index (Phi) is 12.1. The molecule has 0 spiro atoms. The summed E-state index contributed by atoms with van der Waals surface area (Å²) in [5.41, 5.74) is -0.631. The molecule has 1 aromatic rings. The molecule has 1 amide bonds. The third-order valence-electron chi connectivity index (χ3n) is 4.55. The van der Waals surface area contributed by atoms with E-state index in [-0.39, 0.29) is 31.5 Å². The van der Waals surface area contributed by atoms with Gasteiger partial charge in [-0.25, -0.2) is 5.06 Å². The lowest BCUT2D eigenvalue weighted by Gasteiger charge is -2.22. The van der Waals surface area contributed by atoms with Crippen molar-refractivity contribution in [1.82, 2.24) is 5.06 Å². The molecule has 0 aliphatic heterocycles. The highest BCUT2D eigenvalue weighted by molar-refractivity contribution is 7.53. The van der Waals surface area contributed by atoms with Crippen molar-refractivity contribution in [2.75, 3.05) is 26.8 Å². The summed E-state index contributed by atoms with van der Waals surface area (Å²) in [7, 11) is -2.36. The molecule has 0 radical (unpaired) electrons. The van der Waals surface area contributed by atoms with E-state index in [1.165, 1.54) is 7.05 Å². The molecule has 1 rings (SSSR count). The number of carbonyl (C=O) groups excluding carboxylic acids is 3. The van der Waals surface area contributed by atoms with Gasteiger partial charge >= 0.3 is 19.5 Å². The average Bonchev–Trinajstić information content (AvgIpc) is 2.76. The first-order chi connectivity index (χ1) is 16.1. The van der Waals surface area contributed by atoms with Crippen LogP contribution in [-0.2, 0) is 48.9 Å². The number of hydroxylamine groups is 2. The lowest BCUT2D eigenvalue weighted by Crippen LogP contribution is -2.27. The highest BCUT2D eigenvalue weighted by Gasteiger charge is 2.30. The maximum atomic E-state index is 13.2. The predicted molar refractivity (Wildman–Crippen MR) is 129 cm³/mol. The zero-order valence-corrected chi connectivity index (χ0v) is 22.6. The molecule has 0 saturated carbocycles. The van der Waals surface area contributed by atoms with E-state index in [9.17, 15) is 18.9 Å². The van der Waals surface area contributed by atoms with Gasteiger partial charge in [0.15, 0.2) is 0 Å². The molecule has 1 aromatic carbocycles. The van der Waals surface area contributed by atoms with Gasteiger partial charge in [0, 0.05) is 13.5 Å². The molecule has 0 heterocycles. The second kappa shape index (κ2) is 13.7. The smallest absolute Gasteiger partial charge is 0.336 e. The van der Waals surface area contributed by atoms with E-state index in [0.717, 1.165) is 10.6 Å². The third-order valence-corrected chi connectivity index (χ3v) is 6.41. The Labute approximate surface area is 207 Å². The molecule has 198 valence electrons. The van der Waals surface area contributed by atoms with Crippen molar-refractivity contribution in [2.45, 2.75) is 61.0 Å². The van der Waals surface area contributed by atoms with Gasteiger partial charge in [-0.05, 0) is 53.5 Å². The summed E-state index contributed by atoms with van der Waals surface area (Å²) >= 11 is 0. The molecule has 0 atom stereocenters. The van der Waals surface area contributed by atoms with Crippen LogP contribution in [0.3, 0.4) is 0 Å². The number of nitrogens with zero attached hydrogens (tertiary/aromatic N) is 1. The number of hydrogen-bond acceptors (Lipinski definition) is 9. The van der Waals surface area contributed by atoms with Crippen molar-refractivity contribution in [2.24, 2.45) is 10.8 Å². The maximum Gasteiger partial charge on any atom is 0.336 e. The molecule has 35 heavy (non-hydrogen) atoms. The van der Waals surface area contributed by atoms with Gasteiger partial charge in [-0.1, -0.05) is 30.3 Å². The molecule has 0 bridgehead atoms. The summed E-state index contributed by atoms with van der Waals surface area (Å²) < 4.78 is 33.7. The van der Waals surface area contributed by atoms with Gasteiger partial charge in [-0.3, -0.25) is 32.8 Å². The Morgan fingerprint density at radius 2 is 1.34 bits per heavy atom. The van der Waals surface area contributed by atoms with Crippen molar-refractivity contribution < 1.29 is 42.3 Å². The van der Waals surface area contributed by atoms with Crippen LogP contribution >= 0.6 is 7.60 Å². The third kappa shape index (κ3) is 12.3. The van der Waals surface area contributed by atoms with E-state index < -0.39 is 44.0 Å². The predicted octanol–water partition coefficient (Wildman–Crippen LogP) is 4.68. The number of carbonyl (C=O) groups is 3. The van der Waals surface area contributed by atoms with Crippen LogP contribution in [0.15, 0.2) is 30.3 Å². The van der Waals surface area contributed by atoms with Crippen molar-refractivity contribution in [3.8, 4) is 0 Å². The minimum absolute atomic E-state index is 0.00551. The van der Waals surface area contributed by atoms with Gasteiger partial charge in [-0.2, -0.15) is 0 Å². The zero-order chi connectivity index (χ0) is 26.7. The lowest BCUT2D eigenvalue weighted by atomic mass is 9.98. The van der Waals surface area contributed by atoms with E-state index in [4.69, 9.17) is 23.4 Å². The van der Waals surface area contributed by atoms with Crippen LogP contribution < -0.4 is 0 Å². The van der Waals surface area contributed by atoms with Crippen LogP contribution in [0.5, 0.6) is 0 Å². The highest BCUT2D eigenvalue weighted by Crippen LogP contribution is 2.49. The van der Waals surface area contributed by atoms with E-state index in [1.807, 2.05) is 30.3 Å². The molecule has 0 aliphatic rings. The van der Waals surface area contributed by atoms with Gasteiger partial charge in [0.1, 0.15) is 6.61 Å². The van der Waals surface area contributed by atoms with Crippen LogP contribution in [0.2, 0.25) is 0 Å². The van der Waals surface area contributed by atoms with Crippen molar-refractivity contribution in [3.05, 3.63) is 35.9 Å². The summed E-state index contributed by atoms with van der Waals surface area (Å²) in [6, 6.07) is 9.38. The molecule has 0 saturated heterocycles. The molecule has 11 heteroatoms. The largest absolute Gasteiger partial charge is 0.438 e. The number of hydrogen-bond donors (Lipinski definition) is 0. The highest BCUT2D eigenvalue weighted by atomic mass is 31.2. The second-order valence-electron chi connectivity index (χ2n) is 9.95. The Hall–Kier alpha value is -2.26. The first kappa shape index (κ1) is 30.8. The fraction of sp³-hybridized carbons (Fsp3) is 0.625. The summed E-state index contributed by atoms with van der Waals surface area (Å²) in [6.07, 6.45) is -0.0213. The minimum atomic E-state index is -3.85. The van der Waals surface area contributed by atoms with Gasteiger partial charge in [0.05, 0.1) is 17.0 Å². The topological polar surface area (TPSA) is 118 Å². The number of benzene rings is 1. The van der Waals surface area contributed by atoms with Crippen molar-refractivity contribution in [1.29, 1.82) is 0 Å². The van der Waals surface area contributed by atoms with Crippen molar-refractivity contribution >= 4 is 25.4 Å². The minimum Gasteiger partial charge on any atom is -0.438 e. The SMILES string of the molecule is CN(OCc1ccccc1)C(=O)CCCP(=O)(OCOC(=O)C(C)(C)C)OCOC(=O)C(C)(C)C. The van der Waals surface area contributed by atoms with Crippen molar-refractivity contribution in [3.63, 3.8) is 0 Å². The molecular formula is C24H38NO9P. The molecule has 0 fully saturated rings. The summed E-state index contributed by atoms with van der Waals surface area (Å²) in [6.45, 7) is 9.02. The van der Waals surface area contributed by atoms with Crippen LogP contribution in [0.1, 0.15) is 59.9 Å². The number of rotatable bonds is 13. The number of esters is 2. The average molecular weight is 516 g/mol. The standard InChI is InChI=1S/C24H38NO9P/c1-23(2,3)21(27)30-17-33-35(29,34-18-31-22(28)24(4,5)6)15-11-14-20(26)25(7)32-16-19-12-9-8-10-13-19/h8-10,12-13H,11,14-18H2,1-7H3. The van der Waals surface area contributed by atoms with Crippen LogP contribution in [0.25, 0.3) is 0 Å². The summed E-state index contributed by atoms with van der Waals surface area (Å²) in [5, 5.41) is 1.12. The van der Waals surface area contributed by atoms with Gasteiger partial charge < -0.3 is 9.47 Å². The normalized spacial score (nSPS) is 12.2. The molecule has 0 unspecified atom stereocenters. The number of amides is 1. The Morgan fingerprint density at radius 3 is 1.80 bits per heavy atom. The van der Waals surface area contributed by atoms with E-state index in [1.54, 1.807) is 41.5 Å². The molecule has 0 N–H and O–H groups in total. The van der Waals surface area contributed by atoms with Crippen LogP contribution in [0.4, 0.5) is 0 Å².